The summed E-state index contributed by atoms with van der Waals surface area (Å²) in [7, 11) is 0. The maximum Gasteiger partial charge on any atom is 0.233 e. The second kappa shape index (κ2) is 7.56. The Morgan fingerprint density at radius 1 is 1.19 bits per heavy atom. The largest absolute Gasteiger partial charge is 0.469 e. The Labute approximate surface area is 160 Å². The molecular weight excluding hydrogens is 367 g/mol. The molecule has 0 saturated carbocycles. The first-order valence-electron chi connectivity index (χ1n) is 8.80. The van der Waals surface area contributed by atoms with Gasteiger partial charge in [-0.05, 0) is 50.1 Å². The number of nitrogens with zero attached hydrogens (tertiary/aromatic N) is 4. The van der Waals surface area contributed by atoms with Gasteiger partial charge in [0, 0.05) is 18.8 Å². The molecule has 0 aliphatic carbocycles. The molecule has 1 aliphatic rings. The number of furan rings is 1. The highest BCUT2D eigenvalue weighted by Gasteiger charge is 2.22. The van der Waals surface area contributed by atoms with E-state index < -0.39 is 0 Å². The fourth-order valence-corrected chi connectivity index (χ4v) is 4.02. The first-order chi connectivity index (χ1) is 13.1. The maximum atomic E-state index is 13.4. The van der Waals surface area contributed by atoms with Gasteiger partial charge in [0.05, 0.1) is 17.6 Å². The highest BCUT2D eigenvalue weighted by molar-refractivity contribution is 7.99. The molecule has 0 bridgehead atoms. The first-order valence-corrected chi connectivity index (χ1v) is 9.78. The SMILES string of the molecule is Cc1occc1-c1nnc(SCC(=O)N2CCCC2)n1-c1ccc(F)cc1. The van der Waals surface area contributed by atoms with Crippen LogP contribution in [-0.2, 0) is 4.79 Å². The standard InChI is InChI=1S/C19H19FN4O2S/c1-13-16(8-11-26-13)18-21-22-19(24(18)15-6-4-14(20)5-7-15)27-12-17(25)23-9-2-3-10-23/h4-8,11H,2-3,9-10,12H2,1H3. The Kier molecular flexibility index (Phi) is 4.98. The van der Waals surface area contributed by atoms with Crippen molar-refractivity contribution in [3.05, 3.63) is 48.2 Å². The van der Waals surface area contributed by atoms with E-state index >= 15 is 0 Å². The molecule has 8 heteroatoms. The van der Waals surface area contributed by atoms with Crippen LogP contribution >= 0.6 is 11.8 Å². The van der Waals surface area contributed by atoms with Gasteiger partial charge in [-0.2, -0.15) is 0 Å². The van der Waals surface area contributed by atoms with Crippen molar-refractivity contribution in [2.45, 2.75) is 24.9 Å². The summed E-state index contributed by atoms with van der Waals surface area (Å²) in [5, 5.41) is 9.18. The van der Waals surface area contributed by atoms with Crippen molar-refractivity contribution in [2.75, 3.05) is 18.8 Å². The van der Waals surface area contributed by atoms with Gasteiger partial charge in [0.1, 0.15) is 11.6 Å². The normalized spacial score (nSPS) is 14.1. The Morgan fingerprint density at radius 2 is 1.93 bits per heavy atom. The predicted octanol–water partition coefficient (Wildman–Crippen LogP) is 3.69. The third kappa shape index (κ3) is 3.62. The van der Waals surface area contributed by atoms with Gasteiger partial charge in [-0.15, -0.1) is 10.2 Å². The Hall–Kier alpha value is -2.61. The number of hydrogen-bond acceptors (Lipinski definition) is 5. The van der Waals surface area contributed by atoms with Gasteiger partial charge >= 0.3 is 0 Å². The van der Waals surface area contributed by atoms with E-state index in [0.717, 1.165) is 42.9 Å². The third-order valence-electron chi connectivity index (χ3n) is 4.60. The van der Waals surface area contributed by atoms with E-state index in [1.165, 1.54) is 23.9 Å². The van der Waals surface area contributed by atoms with Gasteiger partial charge in [0.15, 0.2) is 11.0 Å². The number of carbonyl (C=O) groups excluding carboxylic acids is 1. The molecule has 1 aromatic carbocycles. The fourth-order valence-electron chi connectivity index (χ4n) is 3.16. The van der Waals surface area contributed by atoms with Gasteiger partial charge in [-0.1, -0.05) is 11.8 Å². The molecule has 1 amide bonds. The van der Waals surface area contributed by atoms with E-state index in [0.29, 0.717) is 16.7 Å². The van der Waals surface area contributed by atoms with Crippen LogP contribution in [0.2, 0.25) is 0 Å². The summed E-state index contributed by atoms with van der Waals surface area (Å²) in [6, 6.07) is 7.95. The lowest BCUT2D eigenvalue weighted by Crippen LogP contribution is -2.29. The molecule has 1 fully saturated rings. The molecule has 27 heavy (non-hydrogen) atoms. The van der Waals surface area contributed by atoms with Crippen LogP contribution in [0.5, 0.6) is 0 Å². The monoisotopic (exact) mass is 386 g/mol. The average Bonchev–Trinajstić information content (AvgIpc) is 3.41. The minimum absolute atomic E-state index is 0.104. The molecule has 0 radical (unpaired) electrons. The summed E-state index contributed by atoms with van der Waals surface area (Å²) >= 11 is 1.34. The molecule has 1 saturated heterocycles. The Balaban J connectivity index is 1.66. The van der Waals surface area contributed by atoms with Crippen LogP contribution in [0.25, 0.3) is 17.1 Å². The molecule has 0 spiro atoms. The molecule has 0 atom stereocenters. The summed E-state index contributed by atoms with van der Waals surface area (Å²) in [4.78, 5) is 14.3. The Morgan fingerprint density at radius 3 is 2.59 bits per heavy atom. The topological polar surface area (TPSA) is 64.2 Å². The van der Waals surface area contributed by atoms with E-state index in [1.54, 1.807) is 18.4 Å². The lowest BCUT2D eigenvalue weighted by molar-refractivity contribution is -0.127. The molecule has 3 aromatic rings. The van der Waals surface area contributed by atoms with Crippen LogP contribution < -0.4 is 0 Å². The third-order valence-corrected chi connectivity index (χ3v) is 5.52. The average molecular weight is 386 g/mol. The second-order valence-corrected chi connectivity index (χ2v) is 7.33. The number of aryl methyl sites for hydroxylation is 1. The van der Waals surface area contributed by atoms with Gasteiger partial charge in [-0.25, -0.2) is 4.39 Å². The molecule has 0 N–H and O–H groups in total. The van der Waals surface area contributed by atoms with Crippen molar-refractivity contribution in [2.24, 2.45) is 0 Å². The van der Waals surface area contributed by atoms with Gasteiger partial charge in [0.25, 0.3) is 0 Å². The number of amides is 1. The fraction of sp³-hybridized carbons (Fsp3) is 0.316. The molecule has 6 nitrogen and oxygen atoms in total. The number of thioether (sulfide) groups is 1. The highest BCUT2D eigenvalue weighted by Crippen LogP contribution is 2.30. The van der Waals surface area contributed by atoms with Crippen molar-refractivity contribution in [3.8, 4) is 17.1 Å². The minimum Gasteiger partial charge on any atom is -0.469 e. The summed E-state index contributed by atoms with van der Waals surface area (Å²) in [5.41, 5.74) is 1.54. The van der Waals surface area contributed by atoms with E-state index in [1.807, 2.05) is 22.5 Å². The van der Waals surface area contributed by atoms with Crippen LogP contribution in [0.15, 0.2) is 46.2 Å². The van der Waals surface area contributed by atoms with E-state index in [2.05, 4.69) is 10.2 Å². The minimum atomic E-state index is -0.314. The zero-order valence-electron chi connectivity index (χ0n) is 14.9. The second-order valence-electron chi connectivity index (χ2n) is 6.39. The maximum absolute atomic E-state index is 13.4. The van der Waals surface area contributed by atoms with Crippen molar-refractivity contribution in [3.63, 3.8) is 0 Å². The molecule has 4 rings (SSSR count). The van der Waals surface area contributed by atoms with Crippen LogP contribution in [-0.4, -0.2) is 44.4 Å². The summed E-state index contributed by atoms with van der Waals surface area (Å²) < 4.78 is 20.6. The number of benzene rings is 1. The number of likely N-dealkylation sites (tertiary alicyclic amines) is 1. The van der Waals surface area contributed by atoms with Crippen LogP contribution in [0.4, 0.5) is 4.39 Å². The zero-order chi connectivity index (χ0) is 18.8. The number of carbonyl (C=O) groups is 1. The Bertz CT molecular complexity index is 945. The van der Waals surface area contributed by atoms with Crippen LogP contribution in [0.3, 0.4) is 0 Å². The quantitative estimate of drug-likeness (QED) is 0.626. The van der Waals surface area contributed by atoms with Gasteiger partial charge in [-0.3, -0.25) is 9.36 Å². The molecule has 140 valence electrons. The molecular formula is C19H19FN4O2S. The van der Waals surface area contributed by atoms with Crippen LogP contribution in [0.1, 0.15) is 18.6 Å². The van der Waals surface area contributed by atoms with Crippen molar-refractivity contribution in [1.82, 2.24) is 19.7 Å². The van der Waals surface area contributed by atoms with Crippen molar-refractivity contribution < 1.29 is 13.6 Å². The summed E-state index contributed by atoms with van der Waals surface area (Å²) in [6.07, 6.45) is 3.72. The number of rotatable bonds is 5. The van der Waals surface area contributed by atoms with E-state index in [9.17, 15) is 9.18 Å². The van der Waals surface area contributed by atoms with Crippen LogP contribution in [0, 0.1) is 12.7 Å². The summed E-state index contributed by atoms with van der Waals surface area (Å²) in [6.45, 7) is 3.50. The smallest absolute Gasteiger partial charge is 0.233 e. The first kappa shape index (κ1) is 17.8. The highest BCUT2D eigenvalue weighted by atomic mass is 32.2. The van der Waals surface area contributed by atoms with E-state index in [4.69, 9.17) is 4.42 Å². The lowest BCUT2D eigenvalue weighted by atomic mass is 10.2. The molecule has 3 heterocycles. The van der Waals surface area contributed by atoms with Gasteiger partial charge in [0.2, 0.25) is 5.91 Å². The molecule has 0 unspecified atom stereocenters. The predicted molar refractivity (Wildman–Crippen MR) is 100 cm³/mol. The summed E-state index contributed by atoms with van der Waals surface area (Å²) in [5.74, 6) is 1.40. The zero-order valence-corrected chi connectivity index (χ0v) is 15.7. The number of halogens is 1. The molecule has 2 aromatic heterocycles. The van der Waals surface area contributed by atoms with E-state index in [-0.39, 0.29) is 11.7 Å². The van der Waals surface area contributed by atoms with Gasteiger partial charge < -0.3 is 9.32 Å². The number of aromatic nitrogens is 3. The van der Waals surface area contributed by atoms with Crippen molar-refractivity contribution >= 4 is 17.7 Å². The number of hydrogen-bond donors (Lipinski definition) is 0. The van der Waals surface area contributed by atoms with Crippen molar-refractivity contribution in [1.29, 1.82) is 0 Å². The molecule has 1 aliphatic heterocycles. The lowest BCUT2D eigenvalue weighted by Gasteiger charge is -2.15.